The maximum absolute atomic E-state index is 13.3. The van der Waals surface area contributed by atoms with E-state index in [9.17, 15) is 9.59 Å². The summed E-state index contributed by atoms with van der Waals surface area (Å²) < 4.78 is 2.75. The predicted octanol–water partition coefficient (Wildman–Crippen LogP) is 4.43. The number of benzene rings is 1. The smallest absolute Gasteiger partial charge is 0.266 e. The summed E-state index contributed by atoms with van der Waals surface area (Å²) in [5.74, 6) is 0.845. The van der Waals surface area contributed by atoms with E-state index in [1.165, 1.54) is 17.8 Å². The second-order valence-electron chi connectivity index (χ2n) is 6.85. The Kier molecular flexibility index (Phi) is 4.42. The Morgan fingerprint density at radius 3 is 2.68 bits per heavy atom. The standard InChI is InChI=1S/C20H22N2O2S/c1-2-8-16-21-19-17(18(23)14-11-6-7-12-15(14)25-19)20(24)22(16)13-9-4-3-5-10-13/h6-7,11-13H,2-5,8-10H2,1H3. The first-order chi connectivity index (χ1) is 12.2. The van der Waals surface area contributed by atoms with Gasteiger partial charge >= 0.3 is 0 Å². The van der Waals surface area contributed by atoms with Crippen LogP contribution in [0.1, 0.15) is 57.3 Å². The molecule has 0 aliphatic heterocycles. The van der Waals surface area contributed by atoms with Gasteiger partial charge in [0.2, 0.25) is 5.43 Å². The van der Waals surface area contributed by atoms with E-state index in [4.69, 9.17) is 4.98 Å². The van der Waals surface area contributed by atoms with Crippen molar-refractivity contribution in [3.8, 4) is 0 Å². The van der Waals surface area contributed by atoms with Gasteiger partial charge in [0.1, 0.15) is 16.0 Å². The van der Waals surface area contributed by atoms with Crippen LogP contribution in [0.5, 0.6) is 0 Å². The fourth-order valence-electron chi connectivity index (χ4n) is 3.92. The number of nitrogens with zero attached hydrogens (tertiary/aromatic N) is 2. The Morgan fingerprint density at radius 1 is 1.16 bits per heavy atom. The van der Waals surface area contributed by atoms with Crippen LogP contribution in [0.25, 0.3) is 20.3 Å². The van der Waals surface area contributed by atoms with E-state index in [1.54, 1.807) is 6.07 Å². The summed E-state index contributed by atoms with van der Waals surface area (Å²) >= 11 is 1.45. The maximum atomic E-state index is 13.3. The van der Waals surface area contributed by atoms with Crippen LogP contribution in [0.4, 0.5) is 0 Å². The summed E-state index contributed by atoms with van der Waals surface area (Å²) in [4.78, 5) is 31.7. The zero-order valence-corrected chi connectivity index (χ0v) is 15.3. The minimum atomic E-state index is -0.172. The molecule has 4 nitrogen and oxygen atoms in total. The van der Waals surface area contributed by atoms with Crippen LogP contribution in [-0.4, -0.2) is 9.55 Å². The first-order valence-electron chi connectivity index (χ1n) is 9.17. The summed E-state index contributed by atoms with van der Waals surface area (Å²) in [5, 5.41) is 0.895. The Labute approximate surface area is 150 Å². The Hall–Kier alpha value is -2.01. The van der Waals surface area contributed by atoms with Gasteiger partial charge in [-0.05, 0) is 31.4 Å². The first kappa shape index (κ1) is 16.5. The molecule has 0 unspecified atom stereocenters. The molecule has 25 heavy (non-hydrogen) atoms. The van der Waals surface area contributed by atoms with Gasteiger partial charge in [-0.25, -0.2) is 4.98 Å². The molecule has 0 saturated heterocycles. The third-order valence-corrected chi connectivity index (χ3v) is 6.20. The lowest BCUT2D eigenvalue weighted by Gasteiger charge is -2.26. The molecule has 0 radical (unpaired) electrons. The Morgan fingerprint density at radius 2 is 1.92 bits per heavy atom. The zero-order valence-electron chi connectivity index (χ0n) is 14.5. The highest BCUT2D eigenvalue weighted by molar-refractivity contribution is 7.24. The molecule has 1 aliphatic rings. The van der Waals surface area contributed by atoms with E-state index in [2.05, 4.69) is 6.92 Å². The van der Waals surface area contributed by atoms with Crippen molar-refractivity contribution in [2.24, 2.45) is 0 Å². The third kappa shape index (κ3) is 2.80. The van der Waals surface area contributed by atoms with Crippen LogP contribution in [0.3, 0.4) is 0 Å². The molecule has 1 fully saturated rings. The van der Waals surface area contributed by atoms with Gasteiger partial charge in [0.05, 0.1) is 0 Å². The number of rotatable bonds is 3. The van der Waals surface area contributed by atoms with Crippen molar-refractivity contribution < 1.29 is 0 Å². The van der Waals surface area contributed by atoms with Crippen molar-refractivity contribution in [1.29, 1.82) is 0 Å². The SMILES string of the molecule is CCCc1nc2sc3ccccc3c(=O)c2c(=O)n1C1CCCCC1. The molecule has 1 aliphatic carbocycles. The molecule has 0 bridgehead atoms. The molecular weight excluding hydrogens is 332 g/mol. The zero-order chi connectivity index (χ0) is 17.4. The number of hydrogen-bond donors (Lipinski definition) is 0. The second-order valence-corrected chi connectivity index (χ2v) is 7.88. The summed E-state index contributed by atoms with van der Waals surface area (Å²) in [7, 11) is 0. The highest BCUT2D eigenvalue weighted by Gasteiger charge is 2.23. The van der Waals surface area contributed by atoms with E-state index in [0.29, 0.717) is 10.2 Å². The van der Waals surface area contributed by atoms with Crippen LogP contribution < -0.4 is 11.0 Å². The lowest BCUT2D eigenvalue weighted by molar-refractivity contribution is 0.336. The minimum Gasteiger partial charge on any atom is -0.293 e. The van der Waals surface area contributed by atoms with Gasteiger partial charge in [0, 0.05) is 22.5 Å². The number of aromatic nitrogens is 2. The fraction of sp³-hybridized carbons (Fsp3) is 0.450. The van der Waals surface area contributed by atoms with E-state index in [-0.39, 0.29) is 22.4 Å². The van der Waals surface area contributed by atoms with Gasteiger partial charge in [-0.15, -0.1) is 11.3 Å². The maximum Gasteiger partial charge on any atom is 0.266 e. The average molecular weight is 354 g/mol. The molecule has 4 rings (SSSR count). The molecular formula is C20H22N2O2S. The molecule has 0 spiro atoms. The fourth-order valence-corrected chi connectivity index (χ4v) is 4.98. The van der Waals surface area contributed by atoms with E-state index < -0.39 is 0 Å². The summed E-state index contributed by atoms with van der Waals surface area (Å²) in [5.41, 5.74) is -0.304. The largest absolute Gasteiger partial charge is 0.293 e. The number of aryl methyl sites for hydroxylation is 1. The normalized spacial score (nSPS) is 15.9. The first-order valence-corrected chi connectivity index (χ1v) is 9.99. The van der Waals surface area contributed by atoms with E-state index in [1.807, 2.05) is 22.8 Å². The van der Waals surface area contributed by atoms with Crippen molar-refractivity contribution >= 4 is 31.6 Å². The van der Waals surface area contributed by atoms with Crippen LogP contribution >= 0.6 is 11.3 Å². The van der Waals surface area contributed by atoms with Gasteiger partial charge in [0.15, 0.2) is 0 Å². The molecule has 0 amide bonds. The van der Waals surface area contributed by atoms with Gasteiger partial charge in [-0.2, -0.15) is 0 Å². The van der Waals surface area contributed by atoms with E-state index >= 15 is 0 Å². The topological polar surface area (TPSA) is 52.0 Å². The lowest BCUT2D eigenvalue weighted by atomic mass is 9.95. The average Bonchev–Trinajstić information content (AvgIpc) is 2.63. The Balaban J connectivity index is 2.06. The van der Waals surface area contributed by atoms with Crippen LogP contribution in [0.15, 0.2) is 33.9 Å². The number of fused-ring (bicyclic) bond motifs is 2. The van der Waals surface area contributed by atoms with Gasteiger partial charge < -0.3 is 0 Å². The van der Waals surface area contributed by atoms with Gasteiger partial charge in [0.25, 0.3) is 5.56 Å². The highest BCUT2D eigenvalue weighted by Crippen LogP contribution is 2.29. The van der Waals surface area contributed by atoms with Crippen molar-refractivity contribution in [2.75, 3.05) is 0 Å². The molecule has 5 heteroatoms. The molecule has 2 aromatic heterocycles. The van der Waals surface area contributed by atoms with Crippen molar-refractivity contribution in [2.45, 2.75) is 57.9 Å². The number of hydrogen-bond acceptors (Lipinski definition) is 4. The van der Waals surface area contributed by atoms with Crippen LogP contribution in [0.2, 0.25) is 0 Å². The molecule has 0 N–H and O–H groups in total. The van der Waals surface area contributed by atoms with Crippen LogP contribution in [-0.2, 0) is 6.42 Å². The molecule has 1 aromatic carbocycles. The summed E-state index contributed by atoms with van der Waals surface area (Å²) in [6.45, 7) is 2.10. The summed E-state index contributed by atoms with van der Waals surface area (Å²) in [6, 6.07) is 7.68. The summed E-state index contributed by atoms with van der Waals surface area (Å²) in [6.07, 6.45) is 7.25. The third-order valence-electron chi connectivity index (χ3n) is 5.13. The molecule has 2 heterocycles. The van der Waals surface area contributed by atoms with Gasteiger partial charge in [-0.1, -0.05) is 38.3 Å². The molecule has 0 atom stereocenters. The second kappa shape index (κ2) is 6.71. The molecule has 1 saturated carbocycles. The quantitative estimate of drug-likeness (QED) is 0.654. The van der Waals surface area contributed by atoms with Crippen LogP contribution in [0, 0.1) is 0 Å². The van der Waals surface area contributed by atoms with Crippen molar-refractivity contribution in [3.05, 3.63) is 50.7 Å². The van der Waals surface area contributed by atoms with Crippen molar-refractivity contribution in [3.63, 3.8) is 0 Å². The molecule has 130 valence electrons. The molecule has 3 aromatic rings. The minimum absolute atomic E-state index is 0.132. The predicted molar refractivity (Wildman–Crippen MR) is 104 cm³/mol. The van der Waals surface area contributed by atoms with Crippen molar-refractivity contribution in [1.82, 2.24) is 9.55 Å². The highest BCUT2D eigenvalue weighted by atomic mass is 32.1. The monoisotopic (exact) mass is 354 g/mol. The van der Waals surface area contributed by atoms with Gasteiger partial charge in [-0.3, -0.25) is 14.2 Å². The Bertz CT molecular complexity index is 1050. The lowest BCUT2D eigenvalue weighted by Crippen LogP contribution is -2.32. The van der Waals surface area contributed by atoms with E-state index in [0.717, 1.165) is 49.0 Å².